The van der Waals surface area contributed by atoms with Gasteiger partial charge in [-0.05, 0) is 18.8 Å². The molecule has 0 amide bonds. The van der Waals surface area contributed by atoms with E-state index in [2.05, 4.69) is 37.5 Å². The van der Waals surface area contributed by atoms with Gasteiger partial charge in [0.15, 0.2) is 11.5 Å². The number of aromatic amines is 1. The highest BCUT2D eigenvalue weighted by Gasteiger charge is 2.17. The van der Waals surface area contributed by atoms with E-state index in [1.165, 1.54) is 25.7 Å². The summed E-state index contributed by atoms with van der Waals surface area (Å²) in [5.74, 6) is 2.40. The maximum atomic E-state index is 4.55. The summed E-state index contributed by atoms with van der Waals surface area (Å²) in [5, 5.41) is 6.65. The van der Waals surface area contributed by atoms with Crippen LogP contribution < -0.4 is 10.6 Å². The quantitative estimate of drug-likeness (QED) is 0.723. The van der Waals surface area contributed by atoms with E-state index in [0.717, 1.165) is 36.8 Å². The lowest BCUT2D eigenvalue weighted by Crippen LogP contribution is -2.16. The number of aromatic nitrogens is 4. The van der Waals surface area contributed by atoms with Crippen molar-refractivity contribution < 1.29 is 0 Å². The molecule has 1 saturated carbocycles. The van der Waals surface area contributed by atoms with E-state index >= 15 is 0 Å². The molecule has 0 saturated heterocycles. The highest BCUT2D eigenvalue weighted by molar-refractivity contribution is 5.83. The Hall–Kier alpha value is -1.85. The van der Waals surface area contributed by atoms with Gasteiger partial charge in [-0.25, -0.2) is 4.98 Å². The van der Waals surface area contributed by atoms with Crippen molar-refractivity contribution in [2.75, 3.05) is 23.7 Å². The first kappa shape index (κ1) is 13.1. The molecule has 2 aromatic rings. The van der Waals surface area contributed by atoms with Gasteiger partial charge in [0.1, 0.15) is 5.52 Å². The summed E-state index contributed by atoms with van der Waals surface area (Å²) < 4.78 is 0. The molecule has 6 heteroatoms. The second-order valence-corrected chi connectivity index (χ2v) is 5.44. The van der Waals surface area contributed by atoms with Crippen LogP contribution in [0.1, 0.15) is 39.0 Å². The zero-order valence-electron chi connectivity index (χ0n) is 11.9. The van der Waals surface area contributed by atoms with Crippen molar-refractivity contribution in [1.82, 2.24) is 19.9 Å². The predicted octanol–water partition coefficient (Wildman–Crippen LogP) is 2.78. The Kier molecular flexibility index (Phi) is 3.99. The number of imidazole rings is 1. The third-order valence-corrected chi connectivity index (χ3v) is 3.89. The van der Waals surface area contributed by atoms with Gasteiger partial charge < -0.3 is 15.6 Å². The van der Waals surface area contributed by atoms with Crippen molar-refractivity contribution in [3.63, 3.8) is 0 Å². The van der Waals surface area contributed by atoms with E-state index in [4.69, 9.17) is 0 Å². The van der Waals surface area contributed by atoms with Crippen molar-refractivity contribution in [1.29, 1.82) is 0 Å². The first-order chi connectivity index (χ1) is 9.86. The number of anilines is 2. The van der Waals surface area contributed by atoms with E-state index in [-0.39, 0.29) is 0 Å². The Morgan fingerprint density at radius 2 is 2.15 bits per heavy atom. The average Bonchev–Trinajstić information content (AvgIpc) is 2.87. The molecule has 3 rings (SSSR count). The van der Waals surface area contributed by atoms with Gasteiger partial charge in [-0.2, -0.15) is 9.97 Å². The van der Waals surface area contributed by atoms with Crippen LogP contribution in [-0.4, -0.2) is 33.0 Å². The summed E-state index contributed by atoms with van der Waals surface area (Å²) >= 11 is 0. The maximum absolute atomic E-state index is 4.55. The van der Waals surface area contributed by atoms with E-state index < -0.39 is 0 Å². The van der Waals surface area contributed by atoms with Crippen molar-refractivity contribution in [2.24, 2.45) is 5.92 Å². The molecular weight excluding hydrogens is 252 g/mol. The van der Waals surface area contributed by atoms with Crippen LogP contribution >= 0.6 is 0 Å². The van der Waals surface area contributed by atoms with Crippen LogP contribution in [0.2, 0.25) is 0 Å². The molecule has 0 aromatic carbocycles. The van der Waals surface area contributed by atoms with Crippen LogP contribution in [0.5, 0.6) is 0 Å². The van der Waals surface area contributed by atoms with Gasteiger partial charge in [0, 0.05) is 13.1 Å². The van der Waals surface area contributed by atoms with E-state index in [9.17, 15) is 0 Å². The third-order valence-electron chi connectivity index (χ3n) is 3.89. The summed E-state index contributed by atoms with van der Waals surface area (Å²) in [7, 11) is 0. The summed E-state index contributed by atoms with van der Waals surface area (Å²) in [6.07, 6.45) is 8.10. The molecule has 3 N–H and O–H groups in total. The monoisotopic (exact) mass is 274 g/mol. The molecule has 0 radical (unpaired) electrons. The molecule has 1 aliphatic carbocycles. The topological polar surface area (TPSA) is 78.5 Å². The number of rotatable bonds is 7. The summed E-state index contributed by atoms with van der Waals surface area (Å²) in [6, 6.07) is 0. The number of hydrogen-bond acceptors (Lipinski definition) is 5. The van der Waals surface area contributed by atoms with Gasteiger partial charge >= 0.3 is 0 Å². The minimum Gasteiger partial charge on any atom is -0.368 e. The Labute approximate surface area is 118 Å². The van der Waals surface area contributed by atoms with E-state index in [1.54, 1.807) is 6.33 Å². The summed E-state index contributed by atoms with van der Waals surface area (Å²) in [4.78, 5) is 16.3. The van der Waals surface area contributed by atoms with Crippen LogP contribution in [0.4, 0.5) is 11.8 Å². The molecular formula is C14H22N6. The zero-order valence-corrected chi connectivity index (χ0v) is 11.9. The van der Waals surface area contributed by atoms with Crippen LogP contribution in [0, 0.1) is 5.92 Å². The number of nitrogens with zero attached hydrogens (tertiary/aromatic N) is 3. The minimum absolute atomic E-state index is 0.651. The lowest BCUT2D eigenvalue weighted by atomic mass is 9.83. The fourth-order valence-electron chi connectivity index (χ4n) is 2.45. The molecule has 0 aliphatic heterocycles. The molecule has 0 unspecified atom stereocenters. The molecule has 20 heavy (non-hydrogen) atoms. The van der Waals surface area contributed by atoms with Crippen LogP contribution in [0.25, 0.3) is 11.2 Å². The van der Waals surface area contributed by atoms with Gasteiger partial charge in [-0.3, -0.25) is 0 Å². The van der Waals surface area contributed by atoms with Gasteiger partial charge in [-0.1, -0.05) is 26.2 Å². The van der Waals surface area contributed by atoms with Crippen LogP contribution in [0.15, 0.2) is 6.33 Å². The Morgan fingerprint density at radius 3 is 2.90 bits per heavy atom. The normalized spacial score (nSPS) is 15.2. The first-order valence-corrected chi connectivity index (χ1v) is 7.55. The Balaban J connectivity index is 1.70. The van der Waals surface area contributed by atoms with Crippen molar-refractivity contribution >= 4 is 22.9 Å². The summed E-state index contributed by atoms with van der Waals surface area (Å²) in [6.45, 7) is 3.96. The van der Waals surface area contributed by atoms with Gasteiger partial charge in [-0.15, -0.1) is 0 Å². The highest BCUT2D eigenvalue weighted by Crippen LogP contribution is 2.29. The second kappa shape index (κ2) is 6.07. The molecule has 108 valence electrons. The number of hydrogen-bond donors (Lipinski definition) is 3. The molecule has 0 spiro atoms. The lowest BCUT2D eigenvalue weighted by Gasteiger charge is -2.25. The largest absolute Gasteiger partial charge is 0.368 e. The molecule has 1 fully saturated rings. The number of H-pyrrole nitrogens is 1. The summed E-state index contributed by atoms with van der Waals surface area (Å²) in [5.41, 5.74) is 1.60. The zero-order chi connectivity index (χ0) is 13.8. The van der Waals surface area contributed by atoms with Crippen LogP contribution in [0.3, 0.4) is 0 Å². The Bertz CT molecular complexity index is 560. The number of nitrogens with one attached hydrogen (secondary N) is 3. The fourth-order valence-corrected chi connectivity index (χ4v) is 2.45. The standard InChI is InChI=1S/C14H22N6/c1-2-7-16-14-19-12(11-13(20-14)18-9-17-11)15-8-6-10-4-3-5-10/h9-10H,2-8H2,1H3,(H3,15,16,17,18,19,20). The fraction of sp³-hybridized carbons (Fsp3) is 0.643. The van der Waals surface area contributed by atoms with E-state index in [0.29, 0.717) is 11.6 Å². The predicted molar refractivity (Wildman–Crippen MR) is 80.9 cm³/mol. The van der Waals surface area contributed by atoms with Gasteiger partial charge in [0.25, 0.3) is 0 Å². The average molecular weight is 274 g/mol. The SMILES string of the molecule is CCCNc1nc(NCCC2CCC2)c2[nH]cnc2n1. The van der Waals surface area contributed by atoms with Crippen molar-refractivity contribution in [2.45, 2.75) is 39.0 Å². The molecule has 2 heterocycles. The second-order valence-electron chi connectivity index (χ2n) is 5.44. The van der Waals surface area contributed by atoms with Gasteiger partial charge in [0.05, 0.1) is 6.33 Å². The highest BCUT2D eigenvalue weighted by atomic mass is 15.2. The molecule has 2 aromatic heterocycles. The molecule has 6 nitrogen and oxygen atoms in total. The molecule has 0 atom stereocenters. The first-order valence-electron chi connectivity index (χ1n) is 7.55. The van der Waals surface area contributed by atoms with Crippen molar-refractivity contribution in [3.05, 3.63) is 6.33 Å². The lowest BCUT2D eigenvalue weighted by molar-refractivity contribution is 0.303. The maximum Gasteiger partial charge on any atom is 0.226 e. The molecule has 1 aliphatic rings. The smallest absolute Gasteiger partial charge is 0.226 e. The van der Waals surface area contributed by atoms with Gasteiger partial charge in [0.2, 0.25) is 5.95 Å². The van der Waals surface area contributed by atoms with Crippen molar-refractivity contribution in [3.8, 4) is 0 Å². The van der Waals surface area contributed by atoms with E-state index in [1.807, 2.05) is 0 Å². The number of fused-ring (bicyclic) bond motifs is 1. The van der Waals surface area contributed by atoms with Crippen LogP contribution in [-0.2, 0) is 0 Å². The molecule has 0 bridgehead atoms. The third kappa shape index (κ3) is 2.84. The Morgan fingerprint density at radius 1 is 1.25 bits per heavy atom. The minimum atomic E-state index is 0.651.